The number of methoxy groups -OCH3 is 2. The lowest BCUT2D eigenvalue weighted by Gasteiger charge is -2.18. The summed E-state index contributed by atoms with van der Waals surface area (Å²) in [6, 6.07) is 10.6. The monoisotopic (exact) mass is 396 g/mol. The topological polar surface area (TPSA) is 84.9 Å². The molecule has 1 fully saturated rings. The Bertz CT molecular complexity index is 970. The molecule has 1 N–H and O–H groups in total. The molecule has 1 heterocycles. The lowest BCUT2D eigenvalue weighted by Crippen LogP contribution is -2.28. The Labute approximate surface area is 169 Å². The van der Waals surface area contributed by atoms with Crippen molar-refractivity contribution in [1.82, 2.24) is 0 Å². The molecule has 1 atom stereocenters. The van der Waals surface area contributed by atoms with E-state index >= 15 is 0 Å². The number of hydrogen-bond acceptors (Lipinski definition) is 5. The first-order chi connectivity index (χ1) is 13.8. The number of esters is 1. The van der Waals surface area contributed by atoms with E-state index < -0.39 is 11.9 Å². The minimum atomic E-state index is -0.489. The van der Waals surface area contributed by atoms with E-state index in [1.54, 1.807) is 42.3 Å². The predicted molar refractivity (Wildman–Crippen MR) is 109 cm³/mol. The smallest absolute Gasteiger partial charge is 0.338 e. The third-order valence-corrected chi connectivity index (χ3v) is 5.20. The number of nitrogens with one attached hydrogen (secondary N) is 1. The first-order valence-corrected chi connectivity index (χ1v) is 9.29. The van der Waals surface area contributed by atoms with Crippen molar-refractivity contribution in [3.8, 4) is 5.75 Å². The van der Waals surface area contributed by atoms with Crippen LogP contribution in [0.25, 0.3) is 0 Å². The van der Waals surface area contributed by atoms with Crippen LogP contribution in [-0.4, -0.2) is 38.5 Å². The molecule has 1 unspecified atom stereocenters. The molecule has 0 aromatic heterocycles. The van der Waals surface area contributed by atoms with E-state index in [0.717, 1.165) is 11.1 Å². The Kier molecular flexibility index (Phi) is 5.87. The summed E-state index contributed by atoms with van der Waals surface area (Å²) in [4.78, 5) is 38.8. The van der Waals surface area contributed by atoms with Crippen molar-refractivity contribution in [2.75, 3.05) is 31.0 Å². The van der Waals surface area contributed by atoms with Crippen molar-refractivity contribution in [3.63, 3.8) is 0 Å². The van der Waals surface area contributed by atoms with Crippen LogP contribution in [0.2, 0.25) is 0 Å². The van der Waals surface area contributed by atoms with Crippen LogP contribution in [-0.2, 0) is 14.3 Å². The normalized spacial score (nSPS) is 15.9. The van der Waals surface area contributed by atoms with Gasteiger partial charge in [0, 0.05) is 30.4 Å². The van der Waals surface area contributed by atoms with Crippen LogP contribution in [0.5, 0.6) is 5.75 Å². The van der Waals surface area contributed by atoms with E-state index in [-0.39, 0.29) is 24.8 Å². The highest BCUT2D eigenvalue weighted by Crippen LogP contribution is 2.29. The van der Waals surface area contributed by atoms with Gasteiger partial charge in [0.2, 0.25) is 11.8 Å². The number of aryl methyl sites for hydroxylation is 1. The Morgan fingerprint density at radius 1 is 1.14 bits per heavy atom. The van der Waals surface area contributed by atoms with Gasteiger partial charge in [0.1, 0.15) is 5.75 Å². The summed E-state index contributed by atoms with van der Waals surface area (Å²) in [6.07, 6.45) is 0.123. The molecule has 7 heteroatoms. The van der Waals surface area contributed by atoms with Crippen LogP contribution in [0.1, 0.15) is 27.9 Å². The Hall–Kier alpha value is -3.35. The molecule has 1 aliphatic heterocycles. The van der Waals surface area contributed by atoms with Gasteiger partial charge in [-0.05, 0) is 49.2 Å². The first-order valence-electron chi connectivity index (χ1n) is 9.29. The number of carbonyl (C=O) groups is 3. The van der Waals surface area contributed by atoms with E-state index in [9.17, 15) is 14.4 Å². The molecular weight excluding hydrogens is 372 g/mol. The third-order valence-electron chi connectivity index (χ3n) is 5.20. The number of benzene rings is 2. The van der Waals surface area contributed by atoms with Crippen LogP contribution in [0.3, 0.4) is 0 Å². The summed E-state index contributed by atoms with van der Waals surface area (Å²) in [6.45, 7) is 3.97. The Morgan fingerprint density at radius 2 is 1.90 bits per heavy atom. The molecule has 2 aromatic carbocycles. The quantitative estimate of drug-likeness (QED) is 0.785. The fraction of sp³-hybridized carbons (Fsp3) is 0.318. The lowest BCUT2D eigenvalue weighted by molar-refractivity contribution is -0.122. The molecule has 0 spiro atoms. The van der Waals surface area contributed by atoms with Crippen LogP contribution < -0.4 is 15.0 Å². The molecule has 7 nitrogen and oxygen atoms in total. The maximum Gasteiger partial charge on any atom is 0.338 e. The number of nitrogens with zero attached hydrogens (tertiary/aromatic N) is 1. The Balaban J connectivity index is 1.76. The molecule has 2 amide bonds. The van der Waals surface area contributed by atoms with Gasteiger partial charge in [-0.15, -0.1) is 0 Å². The van der Waals surface area contributed by atoms with E-state index in [0.29, 0.717) is 22.7 Å². The summed E-state index contributed by atoms with van der Waals surface area (Å²) >= 11 is 0. The average molecular weight is 396 g/mol. The highest BCUT2D eigenvalue weighted by Gasteiger charge is 2.35. The van der Waals surface area contributed by atoms with Crippen molar-refractivity contribution in [2.24, 2.45) is 5.92 Å². The fourth-order valence-electron chi connectivity index (χ4n) is 3.41. The van der Waals surface area contributed by atoms with Crippen LogP contribution >= 0.6 is 0 Å². The zero-order valence-electron chi connectivity index (χ0n) is 16.9. The third kappa shape index (κ3) is 4.23. The van der Waals surface area contributed by atoms with Crippen LogP contribution in [0.15, 0.2) is 36.4 Å². The van der Waals surface area contributed by atoms with Crippen LogP contribution in [0.4, 0.5) is 11.4 Å². The zero-order valence-corrected chi connectivity index (χ0v) is 16.9. The van der Waals surface area contributed by atoms with E-state index in [4.69, 9.17) is 9.47 Å². The molecular formula is C22H24N2O5. The summed E-state index contributed by atoms with van der Waals surface area (Å²) < 4.78 is 10.0. The second kappa shape index (κ2) is 8.34. The number of rotatable bonds is 5. The fourth-order valence-corrected chi connectivity index (χ4v) is 3.41. The van der Waals surface area contributed by atoms with Gasteiger partial charge in [0.05, 0.1) is 25.7 Å². The van der Waals surface area contributed by atoms with Crippen molar-refractivity contribution < 1.29 is 23.9 Å². The molecule has 3 rings (SSSR count). The van der Waals surface area contributed by atoms with Crippen molar-refractivity contribution in [2.45, 2.75) is 20.3 Å². The first kappa shape index (κ1) is 20.4. The van der Waals surface area contributed by atoms with Gasteiger partial charge in [-0.3, -0.25) is 9.59 Å². The Morgan fingerprint density at radius 3 is 2.59 bits per heavy atom. The number of amides is 2. The number of ether oxygens (including phenoxy) is 2. The molecule has 152 valence electrons. The molecule has 0 radical (unpaired) electrons. The lowest BCUT2D eigenvalue weighted by atomic mass is 10.0. The van der Waals surface area contributed by atoms with Crippen LogP contribution in [0, 0.1) is 19.8 Å². The largest absolute Gasteiger partial charge is 0.497 e. The maximum atomic E-state index is 12.8. The zero-order chi connectivity index (χ0) is 21.1. The maximum absolute atomic E-state index is 12.8. The average Bonchev–Trinajstić information content (AvgIpc) is 3.11. The number of carbonyl (C=O) groups excluding carboxylic acids is 3. The highest BCUT2D eigenvalue weighted by atomic mass is 16.5. The van der Waals surface area contributed by atoms with Crippen molar-refractivity contribution >= 4 is 29.2 Å². The minimum absolute atomic E-state index is 0.117. The number of anilines is 2. The molecule has 0 bridgehead atoms. The molecule has 0 saturated carbocycles. The standard InChI is InChI=1S/C22H24N2O5/c1-13-8-16(10-19(14(13)2)22(27)29-4)23-21(26)15-9-20(25)24(12-15)17-6-5-7-18(11-17)28-3/h5-8,10-11,15H,9,12H2,1-4H3,(H,23,26). The summed E-state index contributed by atoms with van der Waals surface area (Å²) in [5, 5.41) is 2.84. The molecule has 1 saturated heterocycles. The SMILES string of the molecule is COC(=O)c1cc(NC(=O)C2CC(=O)N(c3cccc(OC)c3)C2)cc(C)c1C. The summed E-state index contributed by atoms with van der Waals surface area (Å²) in [5.74, 6) is -0.677. The molecule has 1 aliphatic rings. The minimum Gasteiger partial charge on any atom is -0.497 e. The molecule has 0 aliphatic carbocycles. The molecule has 2 aromatic rings. The van der Waals surface area contributed by atoms with E-state index in [1.807, 2.05) is 19.9 Å². The van der Waals surface area contributed by atoms with Gasteiger partial charge in [-0.25, -0.2) is 4.79 Å². The van der Waals surface area contributed by atoms with E-state index in [1.165, 1.54) is 7.11 Å². The predicted octanol–water partition coefficient (Wildman–Crippen LogP) is 3.09. The van der Waals surface area contributed by atoms with Gasteiger partial charge in [-0.1, -0.05) is 6.07 Å². The van der Waals surface area contributed by atoms with Gasteiger partial charge >= 0.3 is 5.97 Å². The van der Waals surface area contributed by atoms with Crippen molar-refractivity contribution in [3.05, 3.63) is 53.1 Å². The summed E-state index contributed by atoms with van der Waals surface area (Å²) in [5.41, 5.74) is 3.27. The van der Waals surface area contributed by atoms with Gasteiger partial charge < -0.3 is 19.7 Å². The second-order valence-corrected chi connectivity index (χ2v) is 7.05. The number of hydrogen-bond donors (Lipinski definition) is 1. The van der Waals surface area contributed by atoms with Gasteiger partial charge in [-0.2, -0.15) is 0 Å². The highest BCUT2D eigenvalue weighted by molar-refractivity contribution is 6.04. The van der Waals surface area contributed by atoms with Gasteiger partial charge in [0.15, 0.2) is 0 Å². The van der Waals surface area contributed by atoms with E-state index in [2.05, 4.69) is 5.32 Å². The summed E-state index contributed by atoms with van der Waals surface area (Å²) in [7, 11) is 2.88. The second-order valence-electron chi connectivity index (χ2n) is 7.05. The van der Waals surface area contributed by atoms with Gasteiger partial charge in [0.25, 0.3) is 0 Å². The molecule has 29 heavy (non-hydrogen) atoms. The van der Waals surface area contributed by atoms with Crippen molar-refractivity contribution in [1.29, 1.82) is 0 Å².